The average molecular weight is 432 g/mol. The minimum absolute atomic E-state index is 0. The topological polar surface area (TPSA) is 91.1 Å². The molecule has 150 valence electrons. The number of thiophene rings is 1. The number of H-pyrrole nitrogens is 1. The Kier molecular flexibility index (Phi) is 7.64. The lowest BCUT2D eigenvalue weighted by Crippen LogP contribution is -2.35. The van der Waals surface area contributed by atoms with Gasteiger partial charge in [0.1, 0.15) is 4.21 Å². The van der Waals surface area contributed by atoms with Crippen LogP contribution in [0, 0.1) is 12.8 Å². The zero-order valence-corrected chi connectivity index (χ0v) is 18.0. The van der Waals surface area contributed by atoms with Crippen LogP contribution < -0.4 is 15.6 Å². The molecule has 0 bridgehead atoms. The Balaban J connectivity index is 0.00000261. The fourth-order valence-electron chi connectivity index (χ4n) is 3.18. The molecule has 0 amide bonds. The summed E-state index contributed by atoms with van der Waals surface area (Å²) in [6, 6.07) is 5.31. The molecule has 0 unspecified atom stereocenters. The van der Waals surface area contributed by atoms with Crippen LogP contribution in [-0.4, -0.2) is 33.0 Å². The lowest BCUT2D eigenvalue weighted by molar-refractivity contribution is 0.372. The summed E-state index contributed by atoms with van der Waals surface area (Å²) < 4.78 is 28.3. The number of aromatic amines is 1. The molecule has 2 aromatic heterocycles. The van der Waals surface area contributed by atoms with E-state index in [4.69, 9.17) is 0 Å². The van der Waals surface area contributed by atoms with E-state index in [9.17, 15) is 13.2 Å². The molecular formula is C18H26ClN3O3S2. The number of aromatic nitrogens is 1. The third-order valence-corrected chi connectivity index (χ3v) is 7.86. The molecule has 1 aliphatic heterocycles. The summed E-state index contributed by atoms with van der Waals surface area (Å²) >= 11 is 1.23. The smallest absolute Gasteiger partial charge is 0.251 e. The highest BCUT2D eigenvalue weighted by Gasteiger charge is 2.21. The number of rotatable bonds is 6. The molecule has 0 aromatic carbocycles. The van der Waals surface area contributed by atoms with Crippen LogP contribution in [-0.2, 0) is 16.4 Å². The molecule has 2 aromatic rings. The van der Waals surface area contributed by atoms with Gasteiger partial charge >= 0.3 is 0 Å². The van der Waals surface area contributed by atoms with Gasteiger partial charge in [-0.2, -0.15) is 0 Å². The maximum atomic E-state index is 12.6. The van der Waals surface area contributed by atoms with Gasteiger partial charge in [0.05, 0.1) is 0 Å². The number of nitrogens with one attached hydrogen (secondary N) is 3. The van der Waals surface area contributed by atoms with Crippen LogP contribution in [0.1, 0.15) is 31.0 Å². The summed E-state index contributed by atoms with van der Waals surface area (Å²) in [5, 5.41) is 3.28. The van der Waals surface area contributed by atoms with E-state index in [1.807, 2.05) is 26.0 Å². The molecule has 3 rings (SSSR count). The molecule has 0 aliphatic carbocycles. The Morgan fingerprint density at radius 1 is 1.26 bits per heavy atom. The first-order chi connectivity index (χ1) is 12.4. The van der Waals surface area contributed by atoms with Gasteiger partial charge in [-0.15, -0.1) is 23.7 Å². The fourth-order valence-corrected chi connectivity index (χ4v) is 5.72. The molecule has 3 heterocycles. The summed E-state index contributed by atoms with van der Waals surface area (Å²) in [6.07, 6.45) is 2.63. The van der Waals surface area contributed by atoms with Crippen molar-refractivity contribution in [2.75, 3.05) is 19.6 Å². The van der Waals surface area contributed by atoms with E-state index < -0.39 is 10.0 Å². The number of aryl methyl sites for hydroxylation is 2. The zero-order chi connectivity index (χ0) is 18.7. The van der Waals surface area contributed by atoms with Crippen molar-refractivity contribution in [2.45, 2.75) is 37.3 Å². The largest absolute Gasteiger partial charge is 0.326 e. The number of piperidine rings is 1. The Labute approximate surface area is 170 Å². The van der Waals surface area contributed by atoms with Crippen LogP contribution in [0.15, 0.2) is 27.2 Å². The number of pyridine rings is 1. The quantitative estimate of drug-likeness (QED) is 0.655. The highest BCUT2D eigenvalue weighted by molar-refractivity contribution is 7.91. The van der Waals surface area contributed by atoms with Gasteiger partial charge in [0, 0.05) is 28.2 Å². The van der Waals surface area contributed by atoms with Gasteiger partial charge in [-0.3, -0.25) is 4.79 Å². The van der Waals surface area contributed by atoms with E-state index in [-0.39, 0.29) is 18.0 Å². The third-order valence-electron chi connectivity index (χ3n) is 4.83. The second kappa shape index (κ2) is 9.34. The van der Waals surface area contributed by atoms with E-state index in [0.717, 1.165) is 42.1 Å². The van der Waals surface area contributed by atoms with Gasteiger partial charge in [-0.1, -0.05) is 6.92 Å². The van der Waals surface area contributed by atoms with Crippen LogP contribution in [0.25, 0.3) is 10.4 Å². The van der Waals surface area contributed by atoms with E-state index in [2.05, 4.69) is 15.0 Å². The van der Waals surface area contributed by atoms with E-state index in [1.165, 1.54) is 11.3 Å². The minimum atomic E-state index is -3.51. The van der Waals surface area contributed by atoms with Gasteiger partial charge in [-0.05, 0) is 63.4 Å². The molecule has 1 fully saturated rings. The minimum Gasteiger partial charge on any atom is -0.326 e. The standard InChI is InChI=1S/C18H25N3O3S2.ClH/c1-3-14-10-15(12(2)21-18(14)22)16-4-5-17(25-16)26(23,24)20-11-13-6-8-19-9-7-13;/h4-5,10,13,19-20H,3,6-9,11H2,1-2H3,(H,21,22);1H. The van der Waals surface area contributed by atoms with Crippen molar-refractivity contribution in [3.8, 4) is 10.4 Å². The Bertz CT molecular complexity index is 932. The highest BCUT2D eigenvalue weighted by Crippen LogP contribution is 2.32. The number of hydrogen-bond acceptors (Lipinski definition) is 5. The van der Waals surface area contributed by atoms with Crippen molar-refractivity contribution in [3.05, 3.63) is 39.8 Å². The van der Waals surface area contributed by atoms with E-state index in [1.54, 1.807) is 6.07 Å². The molecule has 0 atom stereocenters. The summed E-state index contributed by atoms with van der Waals surface area (Å²) in [5.41, 5.74) is 2.25. The van der Waals surface area contributed by atoms with Crippen molar-refractivity contribution in [3.63, 3.8) is 0 Å². The second-order valence-electron chi connectivity index (χ2n) is 6.68. The number of halogens is 1. The van der Waals surface area contributed by atoms with Crippen LogP contribution in [0.5, 0.6) is 0 Å². The first kappa shape index (κ1) is 22.1. The molecule has 0 spiro atoms. The lowest BCUT2D eigenvalue weighted by atomic mass is 9.99. The van der Waals surface area contributed by atoms with Crippen molar-refractivity contribution in [2.24, 2.45) is 5.92 Å². The normalized spacial score (nSPS) is 15.5. The molecule has 27 heavy (non-hydrogen) atoms. The summed E-state index contributed by atoms with van der Waals surface area (Å²) in [5.74, 6) is 0.388. The molecule has 0 radical (unpaired) electrons. The monoisotopic (exact) mass is 431 g/mol. The predicted octanol–water partition coefficient (Wildman–Crippen LogP) is 2.67. The molecule has 3 N–H and O–H groups in total. The maximum Gasteiger partial charge on any atom is 0.251 e. The van der Waals surface area contributed by atoms with Crippen molar-refractivity contribution in [1.29, 1.82) is 0 Å². The predicted molar refractivity (Wildman–Crippen MR) is 113 cm³/mol. The maximum absolute atomic E-state index is 12.6. The Hall–Kier alpha value is -1.19. The van der Waals surface area contributed by atoms with Crippen molar-refractivity contribution in [1.82, 2.24) is 15.0 Å². The highest BCUT2D eigenvalue weighted by atomic mass is 35.5. The van der Waals surface area contributed by atoms with E-state index in [0.29, 0.717) is 28.7 Å². The molecule has 1 aliphatic rings. The second-order valence-corrected chi connectivity index (χ2v) is 9.76. The van der Waals surface area contributed by atoms with Crippen molar-refractivity contribution < 1.29 is 8.42 Å². The van der Waals surface area contributed by atoms with Gasteiger partial charge < -0.3 is 10.3 Å². The molecule has 9 heteroatoms. The van der Waals surface area contributed by atoms with Gasteiger partial charge in [0.25, 0.3) is 5.56 Å². The van der Waals surface area contributed by atoms with E-state index >= 15 is 0 Å². The van der Waals surface area contributed by atoms with Crippen LogP contribution in [0.4, 0.5) is 0 Å². The first-order valence-electron chi connectivity index (χ1n) is 8.94. The number of sulfonamides is 1. The average Bonchev–Trinajstić information content (AvgIpc) is 3.12. The molecule has 0 saturated carbocycles. The number of hydrogen-bond donors (Lipinski definition) is 3. The summed E-state index contributed by atoms with van der Waals surface area (Å²) in [6.45, 7) is 6.13. The molecule has 1 saturated heterocycles. The SMILES string of the molecule is CCc1cc(-c2ccc(S(=O)(=O)NCC3CCNCC3)s2)c(C)[nH]c1=O.Cl. The van der Waals surface area contributed by atoms with Gasteiger partial charge in [-0.25, -0.2) is 13.1 Å². The Morgan fingerprint density at radius 2 is 1.96 bits per heavy atom. The fraction of sp³-hybridized carbons (Fsp3) is 0.500. The third kappa shape index (κ3) is 5.20. The molecular weight excluding hydrogens is 406 g/mol. The zero-order valence-electron chi connectivity index (χ0n) is 15.5. The van der Waals surface area contributed by atoms with Crippen LogP contribution in [0.2, 0.25) is 0 Å². The lowest BCUT2D eigenvalue weighted by Gasteiger charge is -2.22. The van der Waals surface area contributed by atoms with Crippen LogP contribution in [0.3, 0.4) is 0 Å². The summed E-state index contributed by atoms with van der Waals surface area (Å²) in [7, 11) is -3.51. The summed E-state index contributed by atoms with van der Waals surface area (Å²) in [4.78, 5) is 15.6. The first-order valence-corrected chi connectivity index (χ1v) is 11.2. The Morgan fingerprint density at radius 3 is 2.63 bits per heavy atom. The van der Waals surface area contributed by atoms with Crippen molar-refractivity contribution >= 4 is 33.8 Å². The van der Waals surface area contributed by atoms with Gasteiger partial charge in [0.15, 0.2) is 0 Å². The molecule has 6 nitrogen and oxygen atoms in total. The van der Waals surface area contributed by atoms with Gasteiger partial charge in [0.2, 0.25) is 10.0 Å². The van der Waals surface area contributed by atoms with Crippen LogP contribution >= 0.6 is 23.7 Å².